The number of rotatable bonds is 2. The molecule has 2 aromatic rings. The third kappa shape index (κ3) is 2.24. The van der Waals surface area contributed by atoms with Gasteiger partial charge in [-0.15, -0.1) is 0 Å². The molecule has 0 saturated carbocycles. The van der Waals surface area contributed by atoms with E-state index in [1.807, 2.05) is 13.1 Å². The summed E-state index contributed by atoms with van der Waals surface area (Å²) >= 11 is 1.58. The number of para-hydroxylation sites is 1. The van der Waals surface area contributed by atoms with Crippen molar-refractivity contribution >= 4 is 22.2 Å². The molecule has 0 amide bonds. The normalized spacial score (nSPS) is 18.2. The van der Waals surface area contributed by atoms with Gasteiger partial charge in [0.15, 0.2) is 5.13 Å². The number of nitrogens with zero attached hydrogens (tertiary/aromatic N) is 2. The maximum atomic E-state index is 13.8. The predicted octanol–water partition coefficient (Wildman–Crippen LogP) is 3.39. The minimum atomic E-state index is -0.234. The SMILES string of the molecule is CN(c1nc2c(s1)C(N)CCC2)c1ccccc1F. The van der Waals surface area contributed by atoms with Gasteiger partial charge in [-0.3, -0.25) is 0 Å². The smallest absolute Gasteiger partial charge is 0.190 e. The van der Waals surface area contributed by atoms with Crippen LogP contribution in [0, 0.1) is 5.82 Å². The molecule has 1 atom stereocenters. The van der Waals surface area contributed by atoms with Crippen molar-refractivity contribution in [2.75, 3.05) is 11.9 Å². The highest BCUT2D eigenvalue weighted by Crippen LogP contribution is 2.38. The van der Waals surface area contributed by atoms with Gasteiger partial charge in [-0.05, 0) is 31.4 Å². The number of aromatic nitrogens is 1. The molecule has 19 heavy (non-hydrogen) atoms. The van der Waals surface area contributed by atoms with Crippen LogP contribution in [-0.2, 0) is 6.42 Å². The molecule has 3 nitrogen and oxygen atoms in total. The van der Waals surface area contributed by atoms with Crippen molar-refractivity contribution in [3.63, 3.8) is 0 Å². The van der Waals surface area contributed by atoms with E-state index >= 15 is 0 Å². The molecular formula is C14H16FN3S. The maximum absolute atomic E-state index is 13.8. The summed E-state index contributed by atoms with van der Waals surface area (Å²) in [5.41, 5.74) is 7.74. The van der Waals surface area contributed by atoms with Gasteiger partial charge in [-0.25, -0.2) is 9.37 Å². The summed E-state index contributed by atoms with van der Waals surface area (Å²) in [7, 11) is 1.84. The lowest BCUT2D eigenvalue weighted by Gasteiger charge is -2.16. The summed E-state index contributed by atoms with van der Waals surface area (Å²) in [6, 6.07) is 6.83. The van der Waals surface area contributed by atoms with Crippen LogP contribution in [0.2, 0.25) is 0 Å². The Bertz CT molecular complexity index is 596. The number of halogens is 1. The lowest BCUT2D eigenvalue weighted by atomic mass is 9.99. The summed E-state index contributed by atoms with van der Waals surface area (Å²) in [5, 5.41) is 0.812. The Morgan fingerprint density at radius 1 is 1.42 bits per heavy atom. The second-order valence-corrected chi connectivity index (χ2v) is 5.83. The first-order valence-electron chi connectivity index (χ1n) is 6.40. The number of benzene rings is 1. The number of fused-ring (bicyclic) bond motifs is 1. The summed E-state index contributed by atoms with van der Waals surface area (Å²) in [4.78, 5) is 7.57. The van der Waals surface area contributed by atoms with E-state index in [1.165, 1.54) is 6.07 Å². The van der Waals surface area contributed by atoms with Crippen LogP contribution in [0.5, 0.6) is 0 Å². The van der Waals surface area contributed by atoms with Crippen molar-refractivity contribution in [3.05, 3.63) is 40.7 Å². The van der Waals surface area contributed by atoms with Crippen molar-refractivity contribution in [3.8, 4) is 0 Å². The Labute approximate surface area is 115 Å². The first-order chi connectivity index (χ1) is 9.16. The molecule has 0 saturated heterocycles. The van der Waals surface area contributed by atoms with E-state index in [-0.39, 0.29) is 11.9 Å². The monoisotopic (exact) mass is 277 g/mol. The summed E-state index contributed by atoms with van der Waals surface area (Å²) in [6.45, 7) is 0. The van der Waals surface area contributed by atoms with Gasteiger partial charge >= 0.3 is 0 Å². The third-order valence-corrected chi connectivity index (χ3v) is 4.79. The first kappa shape index (κ1) is 12.6. The molecule has 1 aromatic heterocycles. The molecule has 1 aliphatic rings. The molecule has 3 rings (SSSR count). The van der Waals surface area contributed by atoms with Gasteiger partial charge in [-0.2, -0.15) is 0 Å². The highest BCUT2D eigenvalue weighted by Gasteiger charge is 2.23. The fourth-order valence-corrected chi connectivity index (χ4v) is 3.53. The molecule has 0 bridgehead atoms. The standard InChI is InChI=1S/C14H16FN3S/c1-18(12-8-3-2-5-9(12)15)14-17-11-7-4-6-10(16)13(11)19-14/h2-3,5,8,10H,4,6-7,16H2,1H3. The van der Waals surface area contributed by atoms with Gasteiger partial charge in [0.1, 0.15) is 5.82 Å². The van der Waals surface area contributed by atoms with Crippen LogP contribution in [0.3, 0.4) is 0 Å². The molecule has 5 heteroatoms. The van der Waals surface area contributed by atoms with Gasteiger partial charge in [-0.1, -0.05) is 23.5 Å². The van der Waals surface area contributed by atoms with E-state index < -0.39 is 0 Å². The van der Waals surface area contributed by atoms with Crippen LogP contribution in [-0.4, -0.2) is 12.0 Å². The molecule has 1 aliphatic carbocycles. The van der Waals surface area contributed by atoms with Crippen molar-refractivity contribution < 1.29 is 4.39 Å². The average molecular weight is 277 g/mol. The predicted molar refractivity (Wildman–Crippen MR) is 76.4 cm³/mol. The minimum Gasteiger partial charge on any atom is -0.323 e. The molecule has 100 valence electrons. The van der Waals surface area contributed by atoms with Crippen molar-refractivity contribution in [2.24, 2.45) is 5.73 Å². The maximum Gasteiger partial charge on any atom is 0.190 e. The van der Waals surface area contributed by atoms with E-state index in [0.717, 1.165) is 35.0 Å². The Kier molecular flexibility index (Phi) is 3.24. The topological polar surface area (TPSA) is 42.2 Å². The second kappa shape index (κ2) is 4.90. The fraction of sp³-hybridized carbons (Fsp3) is 0.357. The number of anilines is 2. The first-order valence-corrected chi connectivity index (χ1v) is 7.22. The van der Waals surface area contributed by atoms with Crippen LogP contribution >= 0.6 is 11.3 Å². The zero-order chi connectivity index (χ0) is 13.4. The largest absolute Gasteiger partial charge is 0.323 e. The second-order valence-electron chi connectivity index (χ2n) is 4.82. The lowest BCUT2D eigenvalue weighted by molar-refractivity contribution is 0.573. The highest BCUT2D eigenvalue weighted by atomic mass is 32.1. The number of nitrogens with two attached hydrogens (primary N) is 1. The van der Waals surface area contributed by atoms with E-state index in [4.69, 9.17) is 5.73 Å². The van der Waals surface area contributed by atoms with Gasteiger partial charge in [0, 0.05) is 18.0 Å². The van der Waals surface area contributed by atoms with Crippen LogP contribution in [0.25, 0.3) is 0 Å². The van der Waals surface area contributed by atoms with Crippen molar-refractivity contribution in [1.29, 1.82) is 0 Å². The van der Waals surface area contributed by atoms with Crippen molar-refractivity contribution in [2.45, 2.75) is 25.3 Å². The van der Waals surface area contributed by atoms with Crippen LogP contribution in [0.15, 0.2) is 24.3 Å². The Hall–Kier alpha value is -1.46. The van der Waals surface area contributed by atoms with Gasteiger partial charge in [0.25, 0.3) is 0 Å². The van der Waals surface area contributed by atoms with E-state index in [0.29, 0.717) is 5.69 Å². The molecule has 0 radical (unpaired) electrons. The Morgan fingerprint density at radius 3 is 2.95 bits per heavy atom. The fourth-order valence-electron chi connectivity index (χ4n) is 2.41. The molecule has 2 N–H and O–H groups in total. The number of hydrogen-bond acceptors (Lipinski definition) is 4. The van der Waals surface area contributed by atoms with Gasteiger partial charge < -0.3 is 10.6 Å². The molecule has 1 unspecified atom stereocenters. The highest BCUT2D eigenvalue weighted by molar-refractivity contribution is 7.15. The van der Waals surface area contributed by atoms with Crippen molar-refractivity contribution in [1.82, 2.24) is 4.98 Å². The molecule has 0 fully saturated rings. The number of thiazole rings is 1. The van der Waals surface area contributed by atoms with Gasteiger partial charge in [0.05, 0.1) is 11.4 Å². The summed E-state index contributed by atoms with van der Waals surface area (Å²) in [6.07, 6.45) is 3.07. The molecule has 1 heterocycles. The van der Waals surface area contributed by atoms with E-state index in [2.05, 4.69) is 4.98 Å². The molecule has 0 aliphatic heterocycles. The summed E-state index contributed by atoms with van der Waals surface area (Å²) < 4.78 is 13.8. The molecular weight excluding hydrogens is 261 g/mol. The van der Waals surface area contributed by atoms with E-state index in [1.54, 1.807) is 28.4 Å². The molecule has 1 aromatic carbocycles. The lowest BCUT2D eigenvalue weighted by Crippen LogP contribution is -2.15. The zero-order valence-electron chi connectivity index (χ0n) is 10.8. The number of aryl methyl sites for hydroxylation is 1. The van der Waals surface area contributed by atoms with Gasteiger partial charge in [0.2, 0.25) is 0 Å². The average Bonchev–Trinajstić information content (AvgIpc) is 2.84. The van der Waals surface area contributed by atoms with Crippen LogP contribution in [0.4, 0.5) is 15.2 Å². The number of hydrogen-bond donors (Lipinski definition) is 1. The minimum absolute atomic E-state index is 0.0871. The zero-order valence-corrected chi connectivity index (χ0v) is 11.6. The van der Waals surface area contributed by atoms with Crippen LogP contribution < -0.4 is 10.6 Å². The molecule has 0 spiro atoms. The quantitative estimate of drug-likeness (QED) is 0.915. The van der Waals surface area contributed by atoms with Crippen LogP contribution in [0.1, 0.15) is 29.5 Å². The van der Waals surface area contributed by atoms with E-state index in [9.17, 15) is 4.39 Å². The summed E-state index contributed by atoms with van der Waals surface area (Å²) in [5.74, 6) is -0.234. The Balaban J connectivity index is 1.97. The third-order valence-electron chi connectivity index (χ3n) is 3.48. The Morgan fingerprint density at radius 2 is 2.21 bits per heavy atom.